The topological polar surface area (TPSA) is 107 Å². The zero-order valence-corrected chi connectivity index (χ0v) is 13.1. The molecule has 0 saturated heterocycles. The Kier molecular flexibility index (Phi) is 4.97. The monoisotopic (exact) mass is 306 g/mol. The number of hydrogen-bond acceptors (Lipinski definition) is 6. The van der Waals surface area contributed by atoms with E-state index in [4.69, 9.17) is 14.7 Å². The minimum Gasteiger partial charge on any atom is -0.461 e. The Balaban J connectivity index is 1.89. The summed E-state index contributed by atoms with van der Waals surface area (Å²) in [5.41, 5.74) is 5.34. The van der Waals surface area contributed by atoms with Gasteiger partial charge in [-0.15, -0.1) is 0 Å². The maximum Gasteiger partial charge on any atom is 0.238 e. The first-order valence-electron chi connectivity index (χ1n) is 7.32. The van der Waals surface area contributed by atoms with Gasteiger partial charge in [-0.3, -0.25) is 4.79 Å². The zero-order chi connectivity index (χ0) is 16.2. The van der Waals surface area contributed by atoms with Crippen LogP contribution >= 0.6 is 0 Å². The average Bonchev–Trinajstić information content (AvgIpc) is 3.15. The lowest BCUT2D eigenvalue weighted by molar-refractivity contribution is -0.123. The Morgan fingerprint density at radius 2 is 2.27 bits per heavy atom. The second-order valence-corrected chi connectivity index (χ2v) is 5.81. The lowest BCUT2D eigenvalue weighted by Gasteiger charge is -2.33. The van der Waals surface area contributed by atoms with Crippen LogP contribution in [-0.2, 0) is 11.2 Å². The van der Waals surface area contributed by atoms with Gasteiger partial charge in [0, 0.05) is 19.4 Å². The molecule has 0 aliphatic carbocycles. The average molecular weight is 306 g/mol. The van der Waals surface area contributed by atoms with Gasteiger partial charge in [0.05, 0.1) is 11.8 Å². The molecule has 0 bridgehead atoms. The van der Waals surface area contributed by atoms with Crippen LogP contribution in [0.4, 0.5) is 0 Å². The number of rotatable bonds is 7. The first-order chi connectivity index (χ1) is 10.4. The molecule has 0 aromatic carbocycles. The van der Waals surface area contributed by atoms with E-state index in [1.807, 2.05) is 20.8 Å². The van der Waals surface area contributed by atoms with Crippen molar-refractivity contribution in [1.82, 2.24) is 15.5 Å². The maximum absolute atomic E-state index is 12.1. The summed E-state index contributed by atoms with van der Waals surface area (Å²) >= 11 is 0. The highest BCUT2D eigenvalue weighted by Crippen LogP contribution is 2.17. The number of nitrogens with zero attached hydrogens (tertiary/aromatic N) is 2. The number of carbonyl (C=O) groups excluding carboxylic acids is 1. The van der Waals surface area contributed by atoms with Gasteiger partial charge in [0.2, 0.25) is 17.6 Å². The molecule has 0 aliphatic heterocycles. The lowest BCUT2D eigenvalue weighted by atomic mass is 9.88. The number of nitrogens with two attached hydrogens (primary N) is 1. The summed E-state index contributed by atoms with van der Waals surface area (Å²) in [5, 5.41) is 6.80. The number of hydrogen-bond donors (Lipinski definition) is 2. The molecule has 7 heteroatoms. The van der Waals surface area contributed by atoms with Crippen LogP contribution < -0.4 is 11.1 Å². The van der Waals surface area contributed by atoms with E-state index < -0.39 is 5.54 Å². The fraction of sp³-hybridized carbons (Fsp3) is 0.533. The molecular weight excluding hydrogens is 284 g/mol. The highest BCUT2D eigenvalue weighted by Gasteiger charge is 2.28. The largest absolute Gasteiger partial charge is 0.461 e. The fourth-order valence-corrected chi connectivity index (χ4v) is 1.89. The van der Waals surface area contributed by atoms with Crippen molar-refractivity contribution in [2.75, 3.05) is 6.54 Å². The number of nitrogens with one attached hydrogen (secondary N) is 1. The molecule has 2 rings (SSSR count). The van der Waals surface area contributed by atoms with Gasteiger partial charge in [0.15, 0.2) is 5.76 Å². The van der Waals surface area contributed by atoms with Crippen LogP contribution in [0.1, 0.15) is 33.1 Å². The van der Waals surface area contributed by atoms with E-state index in [1.165, 1.54) is 0 Å². The Hall–Kier alpha value is -2.15. The van der Waals surface area contributed by atoms with Gasteiger partial charge < -0.3 is 20.0 Å². The summed E-state index contributed by atoms with van der Waals surface area (Å²) in [6.07, 6.45) is 2.18. The molecule has 0 fully saturated rings. The molecule has 0 spiro atoms. The van der Waals surface area contributed by atoms with E-state index in [1.54, 1.807) is 18.4 Å². The third-order valence-electron chi connectivity index (χ3n) is 3.90. The highest BCUT2D eigenvalue weighted by molar-refractivity contribution is 5.77. The van der Waals surface area contributed by atoms with Crippen LogP contribution in [0.3, 0.4) is 0 Å². The van der Waals surface area contributed by atoms with E-state index >= 15 is 0 Å². The molecule has 0 aliphatic rings. The summed E-state index contributed by atoms with van der Waals surface area (Å²) < 4.78 is 10.3. The van der Waals surface area contributed by atoms with Crippen LogP contribution in [0.5, 0.6) is 0 Å². The van der Waals surface area contributed by atoms with Gasteiger partial charge in [-0.25, -0.2) is 0 Å². The summed E-state index contributed by atoms with van der Waals surface area (Å²) in [6.45, 7) is 6.39. The molecular formula is C15H22N4O3. The molecule has 3 N–H and O–H groups in total. The molecule has 1 amide bonds. The molecule has 0 saturated carbocycles. The van der Waals surface area contributed by atoms with Crippen LogP contribution in [0, 0.1) is 5.92 Å². The predicted octanol–water partition coefficient (Wildman–Crippen LogP) is 1.75. The lowest BCUT2D eigenvalue weighted by Crippen LogP contribution is -2.55. The maximum atomic E-state index is 12.1. The molecule has 2 aromatic rings. The second-order valence-electron chi connectivity index (χ2n) is 5.81. The Morgan fingerprint density at radius 1 is 1.50 bits per heavy atom. The number of furan rings is 1. The van der Waals surface area contributed by atoms with Gasteiger partial charge in [-0.1, -0.05) is 19.0 Å². The molecule has 1 unspecified atom stereocenters. The van der Waals surface area contributed by atoms with Crippen LogP contribution in [-0.4, -0.2) is 28.1 Å². The van der Waals surface area contributed by atoms with Crippen molar-refractivity contribution in [3.05, 3.63) is 24.3 Å². The first-order valence-corrected chi connectivity index (χ1v) is 7.32. The van der Waals surface area contributed by atoms with Crippen molar-refractivity contribution in [1.29, 1.82) is 0 Å². The molecule has 2 aromatic heterocycles. The number of aryl methyl sites for hydroxylation is 1. The molecule has 120 valence electrons. The quantitative estimate of drug-likeness (QED) is 0.807. The predicted molar refractivity (Wildman–Crippen MR) is 80.8 cm³/mol. The van der Waals surface area contributed by atoms with E-state index in [0.29, 0.717) is 30.4 Å². The molecule has 0 radical (unpaired) electrons. The molecule has 2 heterocycles. The standard InChI is InChI=1S/C15H22N4O3/c1-10(2)15(3,9-16)18-12(20)6-7-13-17-14(19-22-13)11-5-4-8-21-11/h4-5,8,10H,6-7,9,16H2,1-3H3,(H,18,20). The number of amides is 1. The van der Waals surface area contributed by atoms with Gasteiger partial charge in [0.25, 0.3) is 0 Å². The third-order valence-corrected chi connectivity index (χ3v) is 3.90. The molecule has 22 heavy (non-hydrogen) atoms. The van der Waals surface area contributed by atoms with Crippen molar-refractivity contribution in [2.24, 2.45) is 11.7 Å². The Morgan fingerprint density at radius 3 is 2.86 bits per heavy atom. The Bertz CT molecular complexity index is 606. The van der Waals surface area contributed by atoms with Crippen molar-refractivity contribution >= 4 is 5.91 Å². The van der Waals surface area contributed by atoms with E-state index in [2.05, 4.69) is 15.5 Å². The molecule has 7 nitrogen and oxygen atoms in total. The van der Waals surface area contributed by atoms with Gasteiger partial charge >= 0.3 is 0 Å². The van der Waals surface area contributed by atoms with Gasteiger partial charge in [0.1, 0.15) is 0 Å². The van der Waals surface area contributed by atoms with Crippen molar-refractivity contribution in [3.63, 3.8) is 0 Å². The normalized spacial score (nSPS) is 14.0. The summed E-state index contributed by atoms with van der Waals surface area (Å²) in [7, 11) is 0. The van der Waals surface area contributed by atoms with Crippen molar-refractivity contribution in [3.8, 4) is 11.6 Å². The highest BCUT2D eigenvalue weighted by atomic mass is 16.5. The van der Waals surface area contributed by atoms with Gasteiger partial charge in [-0.05, 0) is 25.0 Å². The fourth-order valence-electron chi connectivity index (χ4n) is 1.89. The zero-order valence-electron chi connectivity index (χ0n) is 13.1. The van der Waals surface area contributed by atoms with Gasteiger partial charge in [-0.2, -0.15) is 4.98 Å². The minimum atomic E-state index is -0.411. The SMILES string of the molecule is CC(C)C(C)(CN)NC(=O)CCc1nc(-c2ccco2)no1. The Labute approximate surface area is 129 Å². The van der Waals surface area contributed by atoms with Crippen LogP contribution in [0.15, 0.2) is 27.3 Å². The third kappa shape index (κ3) is 3.73. The number of aromatic nitrogens is 2. The minimum absolute atomic E-state index is 0.0839. The summed E-state index contributed by atoms with van der Waals surface area (Å²) in [5.74, 6) is 1.49. The summed E-state index contributed by atoms with van der Waals surface area (Å²) in [6, 6.07) is 3.50. The molecule has 1 atom stereocenters. The first kappa shape index (κ1) is 16.2. The van der Waals surface area contributed by atoms with E-state index in [-0.39, 0.29) is 18.2 Å². The van der Waals surface area contributed by atoms with E-state index in [0.717, 1.165) is 0 Å². The second kappa shape index (κ2) is 6.74. The smallest absolute Gasteiger partial charge is 0.238 e. The number of carbonyl (C=O) groups is 1. The van der Waals surface area contributed by atoms with Crippen molar-refractivity contribution in [2.45, 2.75) is 39.2 Å². The van der Waals surface area contributed by atoms with E-state index in [9.17, 15) is 4.79 Å². The summed E-state index contributed by atoms with van der Waals surface area (Å²) in [4.78, 5) is 16.3. The van der Waals surface area contributed by atoms with Crippen molar-refractivity contribution < 1.29 is 13.7 Å². The van der Waals surface area contributed by atoms with Crippen LogP contribution in [0.2, 0.25) is 0 Å². The van der Waals surface area contributed by atoms with Crippen LogP contribution in [0.25, 0.3) is 11.6 Å².